The number of hydrogen-bond donors (Lipinski definition) is 2. The number of carbonyl (C=O) groups is 1. The van der Waals surface area contributed by atoms with E-state index in [1.807, 2.05) is 0 Å². The lowest BCUT2D eigenvalue weighted by atomic mass is 9.85. The number of phenolic OH excluding ortho intramolecular Hbond substituents is 1. The van der Waals surface area contributed by atoms with Crippen molar-refractivity contribution in [1.29, 1.82) is 0 Å². The molecule has 0 saturated heterocycles. The van der Waals surface area contributed by atoms with Gasteiger partial charge in [-0.25, -0.2) is 4.68 Å². The van der Waals surface area contributed by atoms with Crippen LogP contribution >= 0.6 is 0 Å². The van der Waals surface area contributed by atoms with Gasteiger partial charge in [-0.2, -0.15) is 10.1 Å². The molecule has 7 nitrogen and oxygen atoms in total. The fourth-order valence-corrected chi connectivity index (χ4v) is 3.27. The van der Waals surface area contributed by atoms with E-state index in [0.717, 1.165) is 29.7 Å². The predicted octanol–water partition coefficient (Wildman–Crippen LogP) is 2.01. The summed E-state index contributed by atoms with van der Waals surface area (Å²) < 4.78 is 6.90. The van der Waals surface area contributed by atoms with Gasteiger partial charge in [0.2, 0.25) is 5.95 Å². The van der Waals surface area contributed by atoms with Crippen molar-refractivity contribution in [1.82, 2.24) is 14.8 Å². The molecule has 0 saturated carbocycles. The van der Waals surface area contributed by atoms with E-state index in [1.165, 1.54) is 13.4 Å². The number of phenols is 1. The van der Waals surface area contributed by atoms with Crippen molar-refractivity contribution in [2.45, 2.75) is 25.3 Å². The number of hydrogen-bond acceptors (Lipinski definition) is 6. The molecule has 2 aromatic rings. The largest absolute Gasteiger partial charge is 0.504 e. The Morgan fingerprint density at radius 3 is 3.09 bits per heavy atom. The van der Waals surface area contributed by atoms with Gasteiger partial charge >= 0.3 is 0 Å². The van der Waals surface area contributed by atoms with Crippen LogP contribution in [-0.2, 0) is 4.79 Å². The molecule has 0 spiro atoms. The van der Waals surface area contributed by atoms with Gasteiger partial charge in [-0.3, -0.25) is 4.79 Å². The summed E-state index contributed by atoms with van der Waals surface area (Å²) in [5.74, 6) is 1.17. The molecule has 1 aliphatic heterocycles. The molecular formula is C16H16N4O3. The van der Waals surface area contributed by atoms with E-state index in [0.29, 0.717) is 18.1 Å². The number of nitrogens with one attached hydrogen (secondary N) is 1. The molecule has 2 aliphatic rings. The first-order chi connectivity index (χ1) is 11.2. The number of anilines is 1. The first kappa shape index (κ1) is 13.8. The van der Waals surface area contributed by atoms with E-state index in [9.17, 15) is 9.90 Å². The number of allylic oxidation sites excluding steroid dienone is 2. The van der Waals surface area contributed by atoms with Gasteiger partial charge in [0, 0.05) is 17.7 Å². The van der Waals surface area contributed by atoms with E-state index in [4.69, 9.17) is 4.74 Å². The molecule has 2 N–H and O–H groups in total. The van der Waals surface area contributed by atoms with E-state index < -0.39 is 0 Å². The zero-order valence-corrected chi connectivity index (χ0v) is 12.6. The van der Waals surface area contributed by atoms with Gasteiger partial charge in [0.1, 0.15) is 12.4 Å². The van der Waals surface area contributed by atoms with Crippen LogP contribution in [0.3, 0.4) is 0 Å². The summed E-state index contributed by atoms with van der Waals surface area (Å²) >= 11 is 0. The van der Waals surface area contributed by atoms with Crippen molar-refractivity contribution >= 4 is 11.7 Å². The quantitative estimate of drug-likeness (QED) is 0.882. The van der Waals surface area contributed by atoms with Crippen LogP contribution in [-0.4, -0.2) is 32.8 Å². The molecule has 0 radical (unpaired) electrons. The average molecular weight is 312 g/mol. The maximum absolute atomic E-state index is 12.5. The fraction of sp³-hybridized carbons (Fsp3) is 0.312. The second-order valence-electron chi connectivity index (χ2n) is 5.66. The van der Waals surface area contributed by atoms with Gasteiger partial charge in [0.25, 0.3) is 0 Å². The highest BCUT2D eigenvalue weighted by atomic mass is 16.5. The van der Waals surface area contributed by atoms with Gasteiger partial charge in [-0.15, -0.1) is 0 Å². The van der Waals surface area contributed by atoms with Gasteiger partial charge in [0.05, 0.1) is 7.11 Å². The lowest BCUT2D eigenvalue weighted by molar-refractivity contribution is -0.116. The molecule has 1 aliphatic carbocycles. The van der Waals surface area contributed by atoms with Crippen LogP contribution in [0.5, 0.6) is 11.5 Å². The molecule has 0 fully saturated rings. The number of aromatic hydroxyl groups is 1. The Labute approximate surface area is 132 Å². The zero-order chi connectivity index (χ0) is 16.0. The number of methoxy groups -OCH3 is 1. The molecule has 0 bridgehead atoms. The lowest BCUT2D eigenvalue weighted by Crippen LogP contribution is -2.31. The number of fused-ring (bicyclic) bond motifs is 1. The van der Waals surface area contributed by atoms with E-state index in [1.54, 1.807) is 22.9 Å². The summed E-state index contributed by atoms with van der Waals surface area (Å²) in [7, 11) is 1.50. The number of rotatable bonds is 2. The number of benzene rings is 1. The number of ketones is 1. The van der Waals surface area contributed by atoms with Gasteiger partial charge in [0.15, 0.2) is 17.3 Å². The second-order valence-corrected chi connectivity index (χ2v) is 5.66. The van der Waals surface area contributed by atoms with E-state index in [-0.39, 0.29) is 17.6 Å². The highest BCUT2D eigenvalue weighted by Crippen LogP contribution is 2.41. The minimum Gasteiger partial charge on any atom is -0.504 e. The highest BCUT2D eigenvalue weighted by Gasteiger charge is 2.36. The molecule has 4 rings (SSSR count). The van der Waals surface area contributed by atoms with Crippen molar-refractivity contribution in [2.24, 2.45) is 0 Å². The van der Waals surface area contributed by atoms with Crippen LogP contribution < -0.4 is 10.1 Å². The van der Waals surface area contributed by atoms with Crippen molar-refractivity contribution in [3.05, 3.63) is 41.4 Å². The third-order valence-corrected chi connectivity index (χ3v) is 4.33. The Bertz CT molecular complexity index is 824. The van der Waals surface area contributed by atoms with Crippen molar-refractivity contribution in [3.8, 4) is 11.5 Å². The molecule has 1 atom stereocenters. The van der Waals surface area contributed by atoms with Crippen molar-refractivity contribution in [3.63, 3.8) is 0 Å². The van der Waals surface area contributed by atoms with Crippen molar-refractivity contribution in [2.75, 3.05) is 12.4 Å². The molecule has 118 valence electrons. The first-order valence-electron chi connectivity index (χ1n) is 7.48. The summed E-state index contributed by atoms with van der Waals surface area (Å²) in [5, 5.41) is 17.3. The number of aromatic nitrogens is 3. The predicted molar refractivity (Wildman–Crippen MR) is 82.3 cm³/mol. The SMILES string of the molecule is COc1cc([C@@H]2C3=C(CCCC3=O)Nc3ncnn32)ccc1O. The zero-order valence-electron chi connectivity index (χ0n) is 12.6. The van der Waals surface area contributed by atoms with E-state index in [2.05, 4.69) is 15.4 Å². The van der Waals surface area contributed by atoms with Crippen LogP contribution in [0.2, 0.25) is 0 Å². The number of Topliss-reactive ketones (excluding diaryl/α,β-unsaturated/α-hetero) is 1. The number of carbonyl (C=O) groups excluding carboxylic acids is 1. The van der Waals surface area contributed by atoms with Crippen LogP contribution in [0.25, 0.3) is 0 Å². The number of ether oxygens (including phenoxy) is 1. The molecule has 7 heteroatoms. The summed E-state index contributed by atoms with van der Waals surface area (Å²) in [4.78, 5) is 16.7. The molecule has 1 aromatic carbocycles. The fourth-order valence-electron chi connectivity index (χ4n) is 3.27. The maximum atomic E-state index is 12.5. The molecule has 2 heterocycles. The molecule has 23 heavy (non-hydrogen) atoms. The Balaban J connectivity index is 1.91. The molecule has 1 aromatic heterocycles. The van der Waals surface area contributed by atoms with Crippen molar-refractivity contribution < 1.29 is 14.6 Å². The summed E-state index contributed by atoms with van der Waals surface area (Å²) in [6.45, 7) is 0. The molecular weight excluding hydrogens is 296 g/mol. The highest BCUT2D eigenvalue weighted by molar-refractivity contribution is 5.99. The monoisotopic (exact) mass is 312 g/mol. The van der Waals surface area contributed by atoms with Crippen LogP contribution in [0.1, 0.15) is 30.9 Å². The first-order valence-corrected chi connectivity index (χ1v) is 7.48. The normalized spacial score (nSPS) is 19.9. The minimum absolute atomic E-state index is 0.0631. The third-order valence-electron chi connectivity index (χ3n) is 4.33. The van der Waals surface area contributed by atoms with Gasteiger partial charge < -0.3 is 15.2 Å². The maximum Gasteiger partial charge on any atom is 0.226 e. The van der Waals surface area contributed by atoms with Crippen LogP contribution in [0.15, 0.2) is 35.8 Å². The Morgan fingerprint density at radius 1 is 1.39 bits per heavy atom. The summed E-state index contributed by atoms with van der Waals surface area (Å²) in [6.07, 6.45) is 3.66. The van der Waals surface area contributed by atoms with E-state index >= 15 is 0 Å². The standard InChI is InChI=1S/C16H16N4O3/c1-23-13-7-9(5-6-11(13)21)15-14-10(3-2-4-12(14)22)19-16-17-8-18-20(15)16/h5-8,15,21H,2-4H2,1H3,(H,17,18,19)/t15-/m1/s1. The smallest absolute Gasteiger partial charge is 0.226 e. The second kappa shape index (κ2) is 5.12. The Kier molecular flexibility index (Phi) is 3.07. The van der Waals surface area contributed by atoms with Crippen LogP contribution in [0.4, 0.5) is 5.95 Å². The van der Waals surface area contributed by atoms with Crippen LogP contribution in [0, 0.1) is 0 Å². The Hall–Kier alpha value is -2.83. The Morgan fingerprint density at radius 2 is 2.26 bits per heavy atom. The average Bonchev–Trinajstić information content (AvgIpc) is 3.02. The number of nitrogens with zero attached hydrogens (tertiary/aromatic N) is 3. The van der Waals surface area contributed by atoms with Gasteiger partial charge in [-0.1, -0.05) is 6.07 Å². The minimum atomic E-state index is -0.356. The van der Waals surface area contributed by atoms with Gasteiger partial charge in [-0.05, 0) is 30.5 Å². The lowest BCUT2D eigenvalue weighted by Gasteiger charge is -2.32. The third kappa shape index (κ3) is 2.08. The summed E-state index contributed by atoms with van der Waals surface area (Å²) in [5.41, 5.74) is 2.47. The summed E-state index contributed by atoms with van der Waals surface area (Å²) in [6, 6.07) is 4.74. The topological polar surface area (TPSA) is 89.3 Å². The molecule has 0 amide bonds. The molecule has 0 unspecified atom stereocenters.